The Morgan fingerprint density at radius 1 is 1.55 bits per heavy atom. The molecule has 0 spiro atoms. The molecule has 1 heterocycles. The van der Waals surface area contributed by atoms with Crippen molar-refractivity contribution < 1.29 is 0 Å². The summed E-state index contributed by atoms with van der Waals surface area (Å²) in [5, 5.41) is 8.50. The van der Waals surface area contributed by atoms with E-state index in [2.05, 4.69) is 24.8 Å². The van der Waals surface area contributed by atoms with E-state index in [0.717, 1.165) is 19.0 Å². The summed E-state index contributed by atoms with van der Waals surface area (Å²) in [6.45, 7) is 7.66. The van der Waals surface area contributed by atoms with Crippen molar-refractivity contribution in [3.05, 3.63) is 0 Å². The molecule has 0 atom stereocenters. The summed E-state index contributed by atoms with van der Waals surface area (Å²) in [5.41, 5.74) is 0. The molecule has 1 fully saturated rings. The summed E-state index contributed by atoms with van der Waals surface area (Å²) in [7, 11) is 0. The Labute approximate surface area is 68.8 Å². The smallest absolute Gasteiger partial charge is 0.0717 e. The topological polar surface area (TPSA) is 27.0 Å². The highest BCUT2D eigenvalue weighted by atomic mass is 15.2. The summed E-state index contributed by atoms with van der Waals surface area (Å²) >= 11 is 0. The first-order chi connectivity index (χ1) is 5.22. The van der Waals surface area contributed by atoms with Crippen molar-refractivity contribution in [3.63, 3.8) is 0 Å². The quantitative estimate of drug-likeness (QED) is 0.612. The van der Waals surface area contributed by atoms with Gasteiger partial charge in [0.05, 0.1) is 12.0 Å². The molecule has 0 N–H and O–H groups in total. The molecule has 0 radical (unpaired) electrons. The van der Waals surface area contributed by atoms with Crippen molar-refractivity contribution in [1.82, 2.24) is 4.90 Å². The highest BCUT2D eigenvalue weighted by molar-refractivity contribution is 4.94. The lowest BCUT2D eigenvalue weighted by Crippen LogP contribution is -2.46. The lowest BCUT2D eigenvalue weighted by atomic mass is 10.0. The first kappa shape index (κ1) is 8.55. The zero-order valence-corrected chi connectivity index (χ0v) is 7.38. The largest absolute Gasteiger partial charge is 0.301 e. The van der Waals surface area contributed by atoms with Gasteiger partial charge in [0.25, 0.3) is 0 Å². The molecule has 0 saturated carbocycles. The van der Waals surface area contributed by atoms with E-state index in [-0.39, 0.29) is 0 Å². The second-order valence-electron chi connectivity index (χ2n) is 3.77. The fraction of sp³-hybridized carbons (Fsp3) is 0.889. The van der Waals surface area contributed by atoms with Crippen LogP contribution in [-0.4, -0.2) is 24.5 Å². The number of rotatable bonds is 3. The van der Waals surface area contributed by atoms with Crippen LogP contribution in [0.4, 0.5) is 0 Å². The molecular formula is C9H16N2. The van der Waals surface area contributed by atoms with E-state index in [1.165, 1.54) is 13.0 Å². The van der Waals surface area contributed by atoms with Gasteiger partial charge in [0, 0.05) is 13.1 Å². The molecule has 0 bridgehead atoms. The third-order valence-corrected chi connectivity index (χ3v) is 2.16. The summed E-state index contributed by atoms with van der Waals surface area (Å²) < 4.78 is 0. The maximum atomic E-state index is 8.50. The zero-order chi connectivity index (χ0) is 8.27. The predicted octanol–water partition coefficient (Wildman–Crippen LogP) is 1.49. The van der Waals surface area contributed by atoms with E-state index < -0.39 is 0 Å². The molecular weight excluding hydrogens is 136 g/mol. The number of likely N-dealkylation sites (tertiary alicyclic amines) is 1. The highest BCUT2D eigenvalue weighted by Crippen LogP contribution is 2.15. The van der Waals surface area contributed by atoms with E-state index in [1.807, 2.05) is 0 Å². The van der Waals surface area contributed by atoms with Crippen LogP contribution in [0.2, 0.25) is 0 Å². The normalized spacial score (nSPS) is 19.8. The van der Waals surface area contributed by atoms with Crippen LogP contribution in [0.25, 0.3) is 0 Å². The predicted molar refractivity (Wildman–Crippen MR) is 45.0 cm³/mol. The number of hydrogen-bond acceptors (Lipinski definition) is 2. The maximum Gasteiger partial charge on any atom is 0.0717 e. The minimum Gasteiger partial charge on any atom is -0.301 e. The first-order valence-corrected chi connectivity index (χ1v) is 4.34. The average Bonchev–Trinajstić information content (AvgIpc) is 1.84. The van der Waals surface area contributed by atoms with Crippen molar-refractivity contribution in [1.29, 1.82) is 5.26 Å². The molecule has 11 heavy (non-hydrogen) atoms. The number of hydrogen-bond donors (Lipinski definition) is 0. The SMILES string of the molecule is CC(C)CCN1CC(C#N)C1. The third kappa shape index (κ3) is 2.51. The van der Waals surface area contributed by atoms with Gasteiger partial charge in [-0.2, -0.15) is 5.26 Å². The van der Waals surface area contributed by atoms with E-state index in [0.29, 0.717) is 5.92 Å². The lowest BCUT2D eigenvalue weighted by Gasteiger charge is -2.35. The van der Waals surface area contributed by atoms with E-state index in [9.17, 15) is 0 Å². The van der Waals surface area contributed by atoms with Gasteiger partial charge in [-0.05, 0) is 18.9 Å². The standard InChI is InChI=1S/C9H16N2/c1-8(2)3-4-11-6-9(5-10)7-11/h8-9H,3-4,6-7H2,1-2H3. The second kappa shape index (κ2) is 3.73. The van der Waals surface area contributed by atoms with Gasteiger partial charge in [0.2, 0.25) is 0 Å². The van der Waals surface area contributed by atoms with Crippen molar-refractivity contribution in [3.8, 4) is 6.07 Å². The van der Waals surface area contributed by atoms with Crippen LogP contribution in [0.1, 0.15) is 20.3 Å². The van der Waals surface area contributed by atoms with Gasteiger partial charge >= 0.3 is 0 Å². The Hall–Kier alpha value is -0.550. The van der Waals surface area contributed by atoms with Gasteiger partial charge in [-0.15, -0.1) is 0 Å². The minimum absolute atomic E-state index is 0.321. The van der Waals surface area contributed by atoms with Gasteiger partial charge in [-0.1, -0.05) is 13.8 Å². The molecule has 2 heteroatoms. The van der Waals surface area contributed by atoms with Crippen LogP contribution >= 0.6 is 0 Å². The molecule has 0 aromatic carbocycles. The molecule has 0 unspecified atom stereocenters. The highest BCUT2D eigenvalue weighted by Gasteiger charge is 2.25. The van der Waals surface area contributed by atoms with Gasteiger partial charge in [-0.25, -0.2) is 0 Å². The Morgan fingerprint density at radius 3 is 2.64 bits per heavy atom. The van der Waals surface area contributed by atoms with E-state index >= 15 is 0 Å². The van der Waals surface area contributed by atoms with Crippen molar-refractivity contribution in [2.75, 3.05) is 19.6 Å². The number of nitriles is 1. The molecule has 62 valence electrons. The minimum atomic E-state index is 0.321. The molecule has 0 amide bonds. The number of nitrogens with zero attached hydrogens (tertiary/aromatic N) is 2. The van der Waals surface area contributed by atoms with Crippen LogP contribution in [0.15, 0.2) is 0 Å². The molecule has 1 rings (SSSR count). The summed E-state index contributed by atoms with van der Waals surface area (Å²) in [4.78, 5) is 2.36. The van der Waals surface area contributed by atoms with Crippen LogP contribution in [-0.2, 0) is 0 Å². The monoisotopic (exact) mass is 152 g/mol. The third-order valence-electron chi connectivity index (χ3n) is 2.16. The molecule has 0 aromatic heterocycles. The molecule has 0 aliphatic carbocycles. The van der Waals surface area contributed by atoms with Crippen molar-refractivity contribution >= 4 is 0 Å². The van der Waals surface area contributed by atoms with Crippen molar-refractivity contribution in [2.45, 2.75) is 20.3 Å². The van der Waals surface area contributed by atoms with Crippen molar-refractivity contribution in [2.24, 2.45) is 11.8 Å². The van der Waals surface area contributed by atoms with Gasteiger partial charge in [-0.3, -0.25) is 0 Å². The average molecular weight is 152 g/mol. The van der Waals surface area contributed by atoms with Gasteiger partial charge < -0.3 is 4.90 Å². The fourth-order valence-electron chi connectivity index (χ4n) is 1.27. The molecule has 2 nitrogen and oxygen atoms in total. The maximum absolute atomic E-state index is 8.50. The Bertz CT molecular complexity index is 151. The van der Waals surface area contributed by atoms with Crippen LogP contribution in [0, 0.1) is 23.2 Å². The summed E-state index contributed by atoms with van der Waals surface area (Å²) in [6.07, 6.45) is 1.26. The second-order valence-corrected chi connectivity index (χ2v) is 3.77. The Balaban J connectivity index is 2.01. The lowest BCUT2D eigenvalue weighted by molar-refractivity contribution is 0.128. The first-order valence-electron chi connectivity index (χ1n) is 4.34. The van der Waals surface area contributed by atoms with Crippen LogP contribution in [0.3, 0.4) is 0 Å². The molecule has 1 aliphatic rings. The van der Waals surface area contributed by atoms with E-state index in [4.69, 9.17) is 5.26 Å². The van der Waals surface area contributed by atoms with E-state index in [1.54, 1.807) is 0 Å². The van der Waals surface area contributed by atoms with Crippen LogP contribution in [0.5, 0.6) is 0 Å². The Morgan fingerprint density at radius 2 is 2.18 bits per heavy atom. The molecule has 1 saturated heterocycles. The van der Waals surface area contributed by atoms with Gasteiger partial charge in [0.1, 0.15) is 0 Å². The van der Waals surface area contributed by atoms with Crippen LogP contribution < -0.4 is 0 Å². The summed E-state index contributed by atoms with van der Waals surface area (Å²) in [5.74, 6) is 1.11. The Kier molecular flexibility index (Phi) is 2.90. The fourth-order valence-corrected chi connectivity index (χ4v) is 1.27. The molecule has 1 aliphatic heterocycles. The van der Waals surface area contributed by atoms with Gasteiger partial charge in [0.15, 0.2) is 0 Å². The zero-order valence-electron chi connectivity index (χ0n) is 7.38. The summed E-state index contributed by atoms with van der Waals surface area (Å²) in [6, 6.07) is 2.28. The molecule has 0 aromatic rings.